The lowest BCUT2D eigenvalue weighted by atomic mass is 9.84. The van der Waals surface area contributed by atoms with E-state index in [1.165, 1.54) is 27.8 Å². The SMILES string of the molecule is Cc1ccc(C23C(=Cc4cc(C)ccc42)C3C)cc1. The first-order valence-electron chi connectivity index (χ1n) is 7.04. The van der Waals surface area contributed by atoms with E-state index in [1.54, 1.807) is 5.57 Å². The van der Waals surface area contributed by atoms with Crippen molar-refractivity contribution in [3.63, 3.8) is 0 Å². The van der Waals surface area contributed by atoms with Crippen LogP contribution in [-0.2, 0) is 5.41 Å². The predicted molar refractivity (Wildman–Crippen MR) is 80.3 cm³/mol. The van der Waals surface area contributed by atoms with Gasteiger partial charge in [0.15, 0.2) is 0 Å². The number of aryl methyl sites for hydroxylation is 2. The van der Waals surface area contributed by atoms with Crippen LogP contribution < -0.4 is 0 Å². The number of rotatable bonds is 1. The van der Waals surface area contributed by atoms with Crippen LogP contribution in [0.3, 0.4) is 0 Å². The average molecular weight is 246 g/mol. The Bertz CT molecular complexity index is 703. The van der Waals surface area contributed by atoms with Crippen molar-refractivity contribution in [1.82, 2.24) is 0 Å². The van der Waals surface area contributed by atoms with Crippen LogP contribution in [0.25, 0.3) is 6.08 Å². The van der Waals surface area contributed by atoms with E-state index in [0.29, 0.717) is 5.92 Å². The molecule has 1 saturated carbocycles. The van der Waals surface area contributed by atoms with Gasteiger partial charge in [-0.15, -0.1) is 0 Å². The van der Waals surface area contributed by atoms with Crippen LogP contribution >= 0.6 is 0 Å². The van der Waals surface area contributed by atoms with Gasteiger partial charge in [-0.1, -0.05) is 66.6 Å². The van der Waals surface area contributed by atoms with Crippen molar-refractivity contribution in [2.45, 2.75) is 26.2 Å². The second-order valence-electron chi connectivity index (χ2n) is 6.09. The smallest absolute Gasteiger partial charge is 0.0486 e. The molecule has 0 saturated heterocycles. The summed E-state index contributed by atoms with van der Waals surface area (Å²) >= 11 is 0. The number of allylic oxidation sites excluding steroid dienone is 1. The Hall–Kier alpha value is -1.82. The van der Waals surface area contributed by atoms with E-state index < -0.39 is 0 Å². The summed E-state index contributed by atoms with van der Waals surface area (Å²) in [5.41, 5.74) is 8.86. The summed E-state index contributed by atoms with van der Waals surface area (Å²) in [4.78, 5) is 0. The first kappa shape index (κ1) is 11.0. The van der Waals surface area contributed by atoms with Crippen LogP contribution in [0.5, 0.6) is 0 Å². The Balaban J connectivity index is 1.93. The van der Waals surface area contributed by atoms with Crippen molar-refractivity contribution in [1.29, 1.82) is 0 Å². The molecule has 1 fully saturated rings. The van der Waals surface area contributed by atoms with E-state index >= 15 is 0 Å². The Kier molecular flexibility index (Phi) is 1.97. The average Bonchev–Trinajstić information content (AvgIpc) is 2.82. The van der Waals surface area contributed by atoms with Crippen LogP contribution in [0.4, 0.5) is 0 Å². The lowest BCUT2D eigenvalue weighted by molar-refractivity contribution is 0.751. The van der Waals surface area contributed by atoms with Gasteiger partial charge >= 0.3 is 0 Å². The zero-order valence-corrected chi connectivity index (χ0v) is 11.7. The van der Waals surface area contributed by atoms with Gasteiger partial charge in [0.25, 0.3) is 0 Å². The molecule has 0 aromatic heterocycles. The lowest BCUT2D eigenvalue weighted by Crippen LogP contribution is -2.11. The molecule has 0 N–H and O–H groups in total. The van der Waals surface area contributed by atoms with Gasteiger partial charge in [-0.05, 0) is 42.0 Å². The van der Waals surface area contributed by atoms with Gasteiger partial charge in [0.1, 0.15) is 0 Å². The number of benzene rings is 2. The van der Waals surface area contributed by atoms with Gasteiger partial charge in [-0.25, -0.2) is 0 Å². The Morgan fingerprint density at radius 2 is 1.58 bits per heavy atom. The Morgan fingerprint density at radius 1 is 0.895 bits per heavy atom. The molecular weight excluding hydrogens is 228 g/mol. The van der Waals surface area contributed by atoms with E-state index in [2.05, 4.69) is 69.3 Å². The summed E-state index contributed by atoms with van der Waals surface area (Å²) in [6.07, 6.45) is 2.41. The second-order valence-corrected chi connectivity index (χ2v) is 6.09. The molecule has 94 valence electrons. The monoisotopic (exact) mass is 246 g/mol. The molecule has 0 radical (unpaired) electrons. The van der Waals surface area contributed by atoms with E-state index in [1.807, 2.05) is 0 Å². The number of fused-ring (bicyclic) bond motifs is 3. The van der Waals surface area contributed by atoms with Crippen LogP contribution in [-0.4, -0.2) is 0 Å². The van der Waals surface area contributed by atoms with Gasteiger partial charge in [-0.3, -0.25) is 0 Å². The fraction of sp³-hybridized carbons (Fsp3) is 0.263. The molecule has 0 heteroatoms. The topological polar surface area (TPSA) is 0 Å². The zero-order valence-electron chi connectivity index (χ0n) is 11.7. The van der Waals surface area contributed by atoms with Crippen LogP contribution in [0.1, 0.15) is 34.7 Å². The Morgan fingerprint density at radius 3 is 2.32 bits per heavy atom. The summed E-state index contributed by atoms with van der Waals surface area (Å²) in [6.45, 7) is 6.68. The molecule has 0 amide bonds. The second kappa shape index (κ2) is 3.39. The Labute approximate surface area is 114 Å². The van der Waals surface area contributed by atoms with Crippen LogP contribution in [0.15, 0.2) is 48.0 Å². The summed E-state index contributed by atoms with van der Waals surface area (Å²) in [6, 6.07) is 16.0. The maximum Gasteiger partial charge on any atom is 0.0486 e. The van der Waals surface area contributed by atoms with Crippen LogP contribution in [0.2, 0.25) is 0 Å². The highest BCUT2D eigenvalue weighted by molar-refractivity contribution is 5.82. The summed E-state index contributed by atoms with van der Waals surface area (Å²) in [5.74, 6) is 0.658. The van der Waals surface area contributed by atoms with Crippen molar-refractivity contribution in [3.05, 3.63) is 75.9 Å². The molecule has 0 bridgehead atoms. The normalized spacial score (nSPS) is 26.7. The fourth-order valence-electron chi connectivity index (χ4n) is 3.85. The molecule has 0 aliphatic heterocycles. The van der Waals surface area contributed by atoms with Gasteiger partial charge in [0.2, 0.25) is 0 Å². The first-order valence-corrected chi connectivity index (χ1v) is 7.04. The molecule has 2 unspecified atom stereocenters. The molecule has 0 nitrogen and oxygen atoms in total. The first-order chi connectivity index (χ1) is 9.14. The molecule has 4 rings (SSSR count). The summed E-state index contributed by atoms with van der Waals surface area (Å²) in [7, 11) is 0. The van der Waals surface area contributed by atoms with Gasteiger partial charge in [-0.2, -0.15) is 0 Å². The highest BCUT2D eigenvalue weighted by Crippen LogP contribution is 2.68. The highest BCUT2D eigenvalue weighted by atomic mass is 14.6. The third-order valence-corrected chi connectivity index (χ3v) is 4.94. The molecule has 2 aliphatic rings. The zero-order chi connectivity index (χ0) is 13.2. The summed E-state index contributed by atoms with van der Waals surface area (Å²) in [5, 5.41) is 0. The minimum Gasteiger partial charge on any atom is -0.0590 e. The standard InChI is InChI=1S/C19H18/c1-12-4-7-16(8-5-12)19-14(3)18(19)11-15-10-13(2)6-9-17(15)19/h4-11,14H,1-3H3. The minimum absolute atomic E-state index is 0.191. The molecule has 2 atom stereocenters. The lowest BCUT2D eigenvalue weighted by Gasteiger charge is -2.18. The van der Waals surface area contributed by atoms with Gasteiger partial charge in [0.05, 0.1) is 0 Å². The molecule has 19 heavy (non-hydrogen) atoms. The summed E-state index contributed by atoms with van der Waals surface area (Å²) < 4.78 is 0. The van der Waals surface area contributed by atoms with E-state index in [0.717, 1.165) is 0 Å². The van der Waals surface area contributed by atoms with Gasteiger partial charge < -0.3 is 0 Å². The number of hydrogen-bond donors (Lipinski definition) is 0. The quantitative estimate of drug-likeness (QED) is 0.688. The van der Waals surface area contributed by atoms with Crippen molar-refractivity contribution < 1.29 is 0 Å². The van der Waals surface area contributed by atoms with E-state index in [9.17, 15) is 0 Å². The van der Waals surface area contributed by atoms with Crippen molar-refractivity contribution >= 4 is 6.08 Å². The largest absolute Gasteiger partial charge is 0.0590 e. The minimum atomic E-state index is 0.191. The molecule has 2 aromatic rings. The van der Waals surface area contributed by atoms with Crippen molar-refractivity contribution in [2.24, 2.45) is 5.92 Å². The third kappa shape index (κ3) is 1.24. The third-order valence-electron chi connectivity index (χ3n) is 4.94. The maximum atomic E-state index is 2.41. The molecule has 2 aliphatic carbocycles. The maximum absolute atomic E-state index is 2.41. The fourth-order valence-corrected chi connectivity index (χ4v) is 3.85. The predicted octanol–water partition coefficient (Wildman–Crippen LogP) is 4.64. The van der Waals surface area contributed by atoms with Crippen molar-refractivity contribution in [2.75, 3.05) is 0 Å². The van der Waals surface area contributed by atoms with Gasteiger partial charge in [0, 0.05) is 5.41 Å². The highest BCUT2D eigenvalue weighted by Gasteiger charge is 2.62. The van der Waals surface area contributed by atoms with Crippen molar-refractivity contribution in [3.8, 4) is 0 Å². The number of hydrogen-bond acceptors (Lipinski definition) is 0. The molecule has 2 aromatic carbocycles. The molecule has 0 heterocycles. The molecule has 0 spiro atoms. The van der Waals surface area contributed by atoms with E-state index in [-0.39, 0.29) is 5.41 Å². The van der Waals surface area contributed by atoms with E-state index in [4.69, 9.17) is 0 Å². The van der Waals surface area contributed by atoms with Crippen LogP contribution in [0, 0.1) is 19.8 Å². The molecular formula is C19H18.